The Morgan fingerprint density at radius 2 is 1.64 bits per heavy atom. The molecule has 5 aromatic rings. The fourth-order valence-electron chi connectivity index (χ4n) is 4.72. The number of carbonyl (C=O) groups excluding carboxylic acids is 2. The number of imidazole rings is 1. The fraction of sp³-hybridized carbons (Fsp3) is 0.152. The normalized spacial score (nSPS) is 11.6. The third-order valence-corrected chi connectivity index (χ3v) is 6.83. The Kier molecular flexibility index (Phi) is 8.29. The molecular weight excluding hydrogens is 530 g/mol. The van der Waals surface area contributed by atoms with Crippen LogP contribution in [0.15, 0.2) is 97.2 Å². The Bertz CT molecular complexity index is 1730. The lowest BCUT2D eigenvalue weighted by Crippen LogP contribution is -2.30. The van der Waals surface area contributed by atoms with Gasteiger partial charge < -0.3 is 21.1 Å². The summed E-state index contributed by atoms with van der Waals surface area (Å²) in [6.07, 6.45) is 1.53. The molecule has 9 heteroatoms. The number of benzene rings is 3. The fourth-order valence-corrected chi connectivity index (χ4v) is 4.72. The zero-order valence-electron chi connectivity index (χ0n) is 23.3. The molecule has 0 fully saturated rings. The van der Waals surface area contributed by atoms with Crippen LogP contribution in [0.2, 0.25) is 0 Å². The van der Waals surface area contributed by atoms with Crippen molar-refractivity contribution < 1.29 is 19.5 Å². The first-order chi connectivity index (χ1) is 20.3. The minimum absolute atomic E-state index is 0.153. The number of nitrogens with zero attached hydrogens (tertiary/aromatic N) is 2. The van der Waals surface area contributed by atoms with E-state index < -0.39 is 17.9 Å². The average Bonchev–Trinajstić information content (AvgIpc) is 3.34. The van der Waals surface area contributed by atoms with Gasteiger partial charge in [-0.2, -0.15) is 0 Å². The lowest BCUT2D eigenvalue weighted by atomic mass is 10.0. The minimum atomic E-state index is -1.01. The van der Waals surface area contributed by atoms with Crippen LogP contribution in [0.5, 0.6) is 0 Å². The zero-order chi connectivity index (χ0) is 29.6. The number of hydrogen-bond donors (Lipinski definition) is 4. The summed E-state index contributed by atoms with van der Waals surface area (Å²) in [4.78, 5) is 41.2. The van der Waals surface area contributed by atoms with E-state index in [4.69, 9.17) is 4.98 Å². The average molecular weight is 562 g/mol. The highest BCUT2D eigenvalue weighted by Crippen LogP contribution is 2.31. The topological polar surface area (TPSA) is 125 Å². The summed E-state index contributed by atoms with van der Waals surface area (Å²) in [6, 6.07) is 27.5. The monoisotopic (exact) mass is 561 g/mol. The predicted molar refractivity (Wildman–Crippen MR) is 162 cm³/mol. The molecule has 0 saturated heterocycles. The van der Waals surface area contributed by atoms with Crippen molar-refractivity contribution in [1.29, 1.82) is 0 Å². The van der Waals surface area contributed by atoms with Gasteiger partial charge in [-0.3, -0.25) is 18.8 Å². The number of carbonyl (C=O) groups is 3. The summed E-state index contributed by atoms with van der Waals surface area (Å²) in [6.45, 7) is 3.96. The number of aromatic nitrogens is 2. The van der Waals surface area contributed by atoms with Crippen LogP contribution >= 0.6 is 0 Å². The van der Waals surface area contributed by atoms with E-state index in [2.05, 4.69) is 16.0 Å². The molecule has 5 rings (SSSR count). The molecule has 1 unspecified atom stereocenters. The van der Waals surface area contributed by atoms with Crippen LogP contribution in [0.25, 0.3) is 16.9 Å². The summed E-state index contributed by atoms with van der Waals surface area (Å²) < 4.78 is 1.88. The molecule has 0 aliphatic heterocycles. The number of carboxylic acid groups (broad SMARTS) is 1. The number of fused-ring (bicyclic) bond motifs is 1. The van der Waals surface area contributed by atoms with Gasteiger partial charge in [0.15, 0.2) is 0 Å². The van der Waals surface area contributed by atoms with Crippen LogP contribution in [0.1, 0.15) is 46.4 Å². The standard InChI is InChI=1S/C33H31N5O4/c1-21-8-10-24(11-9-21)28(19-30(40)41)36-33(42)26-16-17-38-29(18-26)37-31(25-12-14-27(15-13-25)35-22(2)39)32(38)34-20-23-6-4-3-5-7-23/h3-18,28,34H,19-20H2,1-2H3,(H,35,39)(H,36,42)(H,40,41). The maximum absolute atomic E-state index is 13.3. The molecule has 0 radical (unpaired) electrons. The van der Waals surface area contributed by atoms with E-state index in [-0.39, 0.29) is 12.3 Å². The molecule has 0 spiro atoms. The largest absolute Gasteiger partial charge is 0.481 e. The highest BCUT2D eigenvalue weighted by atomic mass is 16.4. The second-order valence-corrected chi connectivity index (χ2v) is 10.1. The van der Waals surface area contributed by atoms with Crippen molar-refractivity contribution in [1.82, 2.24) is 14.7 Å². The van der Waals surface area contributed by atoms with Gasteiger partial charge in [0.1, 0.15) is 17.2 Å². The lowest BCUT2D eigenvalue weighted by Gasteiger charge is -2.18. The highest BCUT2D eigenvalue weighted by Gasteiger charge is 2.21. The molecule has 2 amide bonds. The van der Waals surface area contributed by atoms with Crippen LogP contribution in [0.4, 0.5) is 11.5 Å². The van der Waals surface area contributed by atoms with Gasteiger partial charge in [-0.15, -0.1) is 0 Å². The van der Waals surface area contributed by atoms with Crippen molar-refractivity contribution in [2.45, 2.75) is 32.9 Å². The first-order valence-corrected chi connectivity index (χ1v) is 13.5. The third kappa shape index (κ3) is 6.64. The maximum atomic E-state index is 13.3. The number of aliphatic carboxylic acids is 1. The summed E-state index contributed by atoms with van der Waals surface area (Å²) in [5.41, 5.74) is 5.95. The second-order valence-electron chi connectivity index (χ2n) is 10.1. The molecule has 0 aliphatic rings. The van der Waals surface area contributed by atoms with Crippen LogP contribution in [-0.2, 0) is 16.1 Å². The number of rotatable bonds is 10. The molecule has 2 heterocycles. The van der Waals surface area contributed by atoms with Crippen LogP contribution < -0.4 is 16.0 Å². The Labute approximate surface area is 243 Å². The van der Waals surface area contributed by atoms with Crippen LogP contribution in [-0.4, -0.2) is 32.3 Å². The SMILES string of the molecule is CC(=O)Nc1ccc(-c2nc3cc(C(=O)NC(CC(=O)O)c4ccc(C)cc4)ccn3c2NCc2ccccc2)cc1. The molecule has 1 atom stereocenters. The van der Waals surface area contributed by atoms with Gasteiger partial charge in [0.25, 0.3) is 5.91 Å². The van der Waals surface area contributed by atoms with Gasteiger partial charge in [0.2, 0.25) is 5.91 Å². The summed E-state index contributed by atoms with van der Waals surface area (Å²) in [7, 11) is 0. The Hall–Kier alpha value is -5.44. The molecule has 212 valence electrons. The summed E-state index contributed by atoms with van der Waals surface area (Å²) in [5.74, 6) is -0.809. The third-order valence-electron chi connectivity index (χ3n) is 6.83. The Balaban J connectivity index is 1.47. The summed E-state index contributed by atoms with van der Waals surface area (Å²) >= 11 is 0. The van der Waals surface area contributed by atoms with Gasteiger partial charge >= 0.3 is 5.97 Å². The van der Waals surface area contributed by atoms with E-state index in [0.717, 1.165) is 28.1 Å². The lowest BCUT2D eigenvalue weighted by molar-refractivity contribution is -0.137. The smallest absolute Gasteiger partial charge is 0.305 e. The van der Waals surface area contributed by atoms with E-state index in [1.54, 1.807) is 18.3 Å². The second kappa shape index (κ2) is 12.4. The number of nitrogens with one attached hydrogen (secondary N) is 3. The molecule has 42 heavy (non-hydrogen) atoms. The molecule has 0 aliphatic carbocycles. The Morgan fingerprint density at radius 3 is 2.31 bits per heavy atom. The van der Waals surface area contributed by atoms with E-state index in [1.165, 1.54) is 6.92 Å². The number of amides is 2. The molecular formula is C33H31N5O4. The first-order valence-electron chi connectivity index (χ1n) is 13.5. The number of hydrogen-bond acceptors (Lipinski definition) is 5. The minimum Gasteiger partial charge on any atom is -0.481 e. The quantitative estimate of drug-likeness (QED) is 0.170. The maximum Gasteiger partial charge on any atom is 0.305 e. The van der Waals surface area contributed by atoms with Crippen molar-refractivity contribution in [3.8, 4) is 11.3 Å². The summed E-state index contributed by atoms with van der Waals surface area (Å²) in [5, 5.41) is 18.6. The van der Waals surface area contributed by atoms with E-state index in [1.807, 2.05) is 90.2 Å². The van der Waals surface area contributed by atoms with E-state index in [9.17, 15) is 19.5 Å². The Morgan fingerprint density at radius 1 is 0.929 bits per heavy atom. The van der Waals surface area contributed by atoms with Gasteiger partial charge in [-0.25, -0.2) is 4.98 Å². The van der Waals surface area contributed by atoms with Gasteiger partial charge in [0, 0.05) is 36.5 Å². The first kappa shape index (κ1) is 28.1. The molecule has 0 bridgehead atoms. The number of anilines is 2. The van der Waals surface area contributed by atoms with Gasteiger partial charge in [-0.1, -0.05) is 72.3 Å². The molecule has 0 saturated carbocycles. The number of pyridine rings is 1. The van der Waals surface area contributed by atoms with Crippen molar-refractivity contribution in [2.24, 2.45) is 0 Å². The van der Waals surface area contributed by atoms with E-state index in [0.29, 0.717) is 29.1 Å². The van der Waals surface area contributed by atoms with Crippen LogP contribution in [0.3, 0.4) is 0 Å². The predicted octanol–water partition coefficient (Wildman–Crippen LogP) is 5.83. The zero-order valence-corrected chi connectivity index (χ0v) is 23.3. The van der Waals surface area contributed by atoms with Crippen molar-refractivity contribution in [3.63, 3.8) is 0 Å². The van der Waals surface area contributed by atoms with E-state index >= 15 is 0 Å². The van der Waals surface area contributed by atoms with Crippen molar-refractivity contribution in [3.05, 3.63) is 119 Å². The van der Waals surface area contributed by atoms with Crippen molar-refractivity contribution >= 4 is 34.9 Å². The van der Waals surface area contributed by atoms with Crippen molar-refractivity contribution in [2.75, 3.05) is 10.6 Å². The highest BCUT2D eigenvalue weighted by molar-refractivity contribution is 5.96. The molecule has 3 aromatic carbocycles. The molecule has 9 nitrogen and oxygen atoms in total. The molecule has 2 aromatic heterocycles. The van der Waals surface area contributed by atoms with Crippen LogP contribution in [0, 0.1) is 6.92 Å². The van der Waals surface area contributed by atoms with Gasteiger partial charge in [0.05, 0.1) is 12.5 Å². The number of carboxylic acids is 1. The van der Waals surface area contributed by atoms with Gasteiger partial charge in [-0.05, 0) is 42.3 Å². The number of aryl methyl sites for hydroxylation is 1. The molecule has 4 N–H and O–H groups in total.